The Balaban J connectivity index is 1.69. The molecule has 7 heteroatoms. The van der Waals surface area contributed by atoms with Crippen molar-refractivity contribution in [3.8, 4) is 0 Å². The molecule has 0 saturated carbocycles. The summed E-state index contributed by atoms with van der Waals surface area (Å²) in [4.78, 5) is 23.9. The second kappa shape index (κ2) is 6.56. The fourth-order valence-electron chi connectivity index (χ4n) is 2.75. The minimum Gasteiger partial charge on any atom is -0.340 e. The number of carbonyl (C=O) groups is 1. The molecule has 22 heavy (non-hydrogen) atoms. The van der Waals surface area contributed by atoms with E-state index < -0.39 is 0 Å². The standard InChI is InChI=1S/C15H20N4O2S/c1-3-5-13-16-8-12(22-13)15(20)19-7-4-6-11(9-19)14-17-10(2)21-18-14/h8,11H,3-7,9H2,1-2H3/t11-/m1/s1. The normalized spacial score (nSPS) is 18.6. The third kappa shape index (κ3) is 3.19. The number of aryl methyl sites for hydroxylation is 2. The van der Waals surface area contributed by atoms with Crippen LogP contribution in [0.15, 0.2) is 10.7 Å². The van der Waals surface area contributed by atoms with Crippen molar-refractivity contribution in [3.63, 3.8) is 0 Å². The number of piperidine rings is 1. The van der Waals surface area contributed by atoms with Crippen LogP contribution < -0.4 is 0 Å². The van der Waals surface area contributed by atoms with E-state index in [2.05, 4.69) is 22.0 Å². The largest absolute Gasteiger partial charge is 0.340 e. The lowest BCUT2D eigenvalue weighted by Gasteiger charge is -2.30. The molecule has 1 fully saturated rings. The Morgan fingerprint density at radius 2 is 2.41 bits per heavy atom. The van der Waals surface area contributed by atoms with E-state index in [0.717, 1.165) is 42.1 Å². The van der Waals surface area contributed by atoms with Crippen LogP contribution in [0.5, 0.6) is 0 Å². The van der Waals surface area contributed by atoms with Gasteiger partial charge in [0.15, 0.2) is 5.82 Å². The maximum absolute atomic E-state index is 12.6. The summed E-state index contributed by atoms with van der Waals surface area (Å²) in [6, 6.07) is 0. The summed E-state index contributed by atoms with van der Waals surface area (Å²) >= 11 is 1.51. The van der Waals surface area contributed by atoms with Crippen LogP contribution in [0.3, 0.4) is 0 Å². The maximum Gasteiger partial charge on any atom is 0.265 e. The predicted molar refractivity (Wildman–Crippen MR) is 83.0 cm³/mol. The predicted octanol–water partition coefficient (Wildman–Crippen LogP) is 2.81. The van der Waals surface area contributed by atoms with Crippen LogP contribution in [0.25, 0.3) is 0 Å². The third-order valence-electron chi connectivity index (χ3n) is 3.85. The van der Waals surface area contributed by atoms with Gasteiger partial charge in [-0.15, -0.1) is 11.3 Å². The van der Waals surface area contributed by atoms with Gasteiger partial charge in [-0.1, -0.05) is 12.1 Å². The number of thiazole rings is 1. The lowest BCUT2D eigenvalue weighted by atomic mass is 9.97. The van der Waals surface area contributed by atoms with Crippen LogP contribution in [0.4, 0.5) is 0 Å². The number of amides is 1. The second-order valence-electron chi connectivity index (χ2n) is 5.63. The fraction of sp³-hybridized carbons (Fsp3) is 0.600. The van der Waals surface area contributed by atoms with Gasteiger partial charge in [0.05, 0.1) is 11.2 Å². The zero-order chi connectivity index (χ0) is 15.5. The first-order chi connectivity index (χ1) is 10.7. The summed E-state index contributed by atoms with van der Waals surface area (Å²) in [7, 11) is 0. The average Bonchev–Trinajstić information content (AvgIpc) is 3.16. The molecule has 1 aliphatic rings. The molecule has 118 valence electrons. The quantitative estimate of drug-likeness (QED) is 0.866. The molecule has 0 aliphatic carbocycles. The van der Waals surface area contributed by atoms with Crippen molar-refractivity contribution < 1.29 is 9.32 Å². The SMILES string of the molecule is CCCc1ncc(C(=O)N2CCC[C@@H](c3noc(C)n3)C2)s1. The van der Waals surface area contributed by atoms with Crippen molar-refractivity contribution in [2.75, 3.05) is 13.1 Å². The molecule has 0 bridgehead atoms. The zero-order valence-corrected chi connectivity index (χ0v) is 13.7. The van der Waals surface area contributed by atoms with E-state index in [-0.39, 0.29) is 11.8 Å². The molecule has 2 aromatic heterocycles. The summed E-state index contributed by atoms with van der Waals surface area (Å²) < 4.78 is 5.06. The van der Waals surface area contributed by atoms with Crippen molar-refractivity contribution in [1.29, 1.82) is 0 Å². The highest BCUT2D eigenvalue weighted by molar-refractivity contribution is 7.13. The number of hydrogen-bond acceptors (Lipinski definition) is 6. The van der Waals surface area contributed by atoms with Crippen molar-refractivity contribution in [1.82, 2.24) is 20.0 Å². The molecular weight excluding hydrogens is 300 g/mol. The minimum absolute atomic E-state index is 0.0739. The lowest BCUT2D eigenvalue weighted by Crippen LogP contribution is -2.39. The smallest absolute Gasteiger partial charge is 0.265 e. The van der Waals surface area contributed by atoms with E-state index in [0.29, 0.717) is 18.3 Å². The van der Waals surface area contributed by atoms with E-state index in [1.165, 1.54) is 11.3 Å². The molecule has 3 rings (SSSR count). The Morgan fingerprint density at radius 3 is 3.14 bits per heavy atom. The third-order valence-corrected chi connectivity index (χ3v) is 4.89. The minimum atomic E-state index is 0.0739. The number of likely N-dealkylation sites (tertiary alicyclic amines) is 1. The molecule has 1 saturated heterocycles. The lowest BCUT2D eigenvalue weighted by molar-refractivity contribution is 0.0708. The highest BCUT2D eigenvalue weighted by Crippen LogP contribution is 2.27. The monoisotopic (exact) mass is 320 g/mol. The summed E-state index contributed by atoms with van der Waals surface area (Å²) in [5.41, 5.74) is 0. The molecule has 0 unspecified atom stereocenters. The first-order valence-corrected chi connectivity index (χ1v) is 8.53. The number of hydrogen-bond donors (Lipinski definition) is 0. The number of carbonyl (C=O) groups excluding carboxylic acids is 1. The summed E-state index contributed by atoms with van der Waals surface area (Å²) in [5, 5.41) is 5.04. The zero-order valence-electron chi connectivity index (χ0n) is 12.9. The van der Waals surface area contributed by atoms with Gasteiger partial charge in [-0.25, -0.2) is 4.98 Å². The van der Waals surface area contributed by atoms with Crippen LogP contribution in [0.2, 0.25) is 0 Å². The van der Waals surface area contributed by atoms with E-state index in [1.54, 1.807) is 13.1 Å². The molecule has 1 amide bonds. The van der Waals surface area contributed by atoms with Crippen molar-refractivity contribution in [3.05, 3.63) is 27.8 Å². The first-order valence-electron chi connectivity index (χ1n) is 7.71. The molecule has 0 spiro atoms. The Labute approximate surface area is 133 Å². The summed E-state index contributed by atoms with van der Waals surface area (Å²) in [5.74, 6) is 1.53. The van der Waals surface area contributed by atoms with Gasteiger partial charge in [0.2, 0.25) is 5.89 Å². The van der Waals surface area contributed by atoms with Crippen LogP contribution in [-0.2, 0) is 6.42 Å². The molecule has 2 aromatic rings. The molecule has 0 aromatic carbocycles. The maximum atomic E-state index is 12.6. The van der Waals surface area contributed by atoms with Crippen LogP contribution in [0, 0.1) is 6.92 Å². The van der Waals surface area contributed by atoms with Gasteiger partial charge in [-0.3, -0.25) is 4.79 Å². The van der Waals surface area contributed by atoms with E-state index in [9.17, 15) is 4.79 Å². The van der Waals surface area contributed by atoms with E-state index in [4.69, 9.17) is 4.52 Å². The Hall–Kier alpha value is -1.76. The average molecular weight is 320 g/mol. The topological polar surface area (TPSA) is 72.1 Å². The van der Waals surface area contributed by atoms with Crippen LogP contribution in [-0.4, -0.2) is 39.0 Å². The molecular formula is C15H20N4O2S. The number of nitrogens with zero attached hydrogens (tertiary/aromatic N) is 4. The van der Waals surface area contributed by atoms with Gasteiger partial charge in [0.1, 0.15) is 4.88 Å². The van der Waals surface area contributed by atoms with E-state index in [1.807, 2.05) is 4.90 Å². The van der Waals surface area contributed by atoms with Crippen molar-refractivity contribution >= 4 is 17.2 Å². The van der Waals surface area contributed by atoms with Gasteiger partial charge in [-0.2, -0.15) is 4.98 Å². The summed E-state index contributed by atoms with van der Waals surface area (Å²) in [6.07, 6.45) is 5.64. The molecule has 1 atom stereocenters. The molecule has 0 radical (unpaired) electrons. The molecule has 1 aliphatic heterocycles. The first kappa shape index (κ1) is 15.1. The highest BCUT2D eigenvalue weighted by atomic mass is 32.1. The fourth-order valence-corrected chi connectivity index (χ4v) is 3.73. The van der Waals surface area contributed by atoms with Crippen molar-refractivity contribution in [2.45, 2.75) is 45.4 Å². The van der Waals surface area contributed by atoms with Crippen molar-refractivity contribution in [2.24, 2.45) is 0 Å². The van der Waals surface area contributed by atoms with Gasteiger partial charge in [0, 0.05) is 25.9 Å². The highest BCUT2D eigenvalue weighted by Gasteiger charge is 2.29. The Bertz CT molecular complexity index is 652. The number of aromatic nitrogens is 3. The summed E-state index contributed by atoms with van der Waals surface area (Å²) in [6.45, 7) is 5.34. The van der Waals surface area contributed by atoms with Gasteiger partial charge >= 0.3 is 0 Å². The van der Waals surface area contributed by atoms with Gasteiger partial charge in [-0.05, 0) is 25.7 Å². The van der Waals surface area contributed by atoms with Gasteiger partial charge < -0.3 is 9.42 Å². The van der Waals surface area contributed by atoms with Crippen LogP contribution >= 0.6 is 11.3 Å². The number of rotatable bonds is 4. The second-order valence-corrected chi connectivity index (χ2v) is 6.75. The molecule has 0 N–H and O–H groups in total. The molecule has 6 nitrogen and oxygen atoms in total. The van der Waals surface area contributed by atoms with Crippen LogP contribution in [0.1, 0.15) is 58.5 Å². The van der Waals surface area contributed by atoms with E-state index >= 15 is 0 Å². The van der Waals surface area contributed by atoms with Gasteiger partial charge in [0.25, 0.3) is 5.91 Å². The Morgan fingerprint density at radius 1 is 1.55 bits per heavy atom. The Kier molecular flexibility index (Phi) is 4.52. The molecule has 3 heterocycles.